The first-order chi connectivity index (χ1) is 9.69. The van der Waals surface area contributed by atoms with E-state index < -0.39 is 5.60 Å². The molecule has 1 amide bonds. The van der Waals surface area contributed by atoms with E-state index in [1.54, 1.807) is 11.9 Å². The number of ether oxygens (including phenoxy) is 1. The number of likely N-dealkylation sites (N-methyl/N-ethyl adjacent to an activating group) is 1. The number of benzene rings is 1. The molecule has 4 heteroatoms. The minimum atomic E-state index is -0.450. The second-order valence-corrected chi connectivity index (χ2v) is 6.49. The molecule has 1 atom stereocenters. The molecule has 0 aromatic heterocycles. The van der Waals surface area contributed by atoms with Gasteiger partial charge in [0.15, 0.2) is 0 Å². The Morgan fingerprint density at radius 2 is 1.86 bits per heavy atom. The van der Waals surface area contributed by atoms with Gasteiger partial charge in [0.25, 0.3) is 0 Å². The van der Waals surface area contributed by atoms with Gasteiger partial charge in [-0.2, -0.15) is 0 Å². The molecule has 0 aliphatic carbocycles. The highest BCUT2D eigenvalue weighted by Crippen LogP contribution is 2.13. The maximum absolute atomic E-state index is 11.8. The lowest BCUT2D eigenvalue weighted by Crippen LogP contribution is -2.38. The Balaban J connectivity index is 2.35. The van der Waals surface area contributed by atoms with Gasteiger partial charge in [-0.3, -0.25) is 0 Å². The van der Waals surface area contributed by atoms with Gasteiger partial charge in [0.05, 0.1) is 0 Å². The minimum Gasteiger partial charge on any atom is -0.444 e. The van der Waals surface area contributed by atoms with Crippen molar-refractivity contribution >= 4 is 6.09 Å². The fourth-order valence-electron chi connectivity index (χ4n) is 1.85. The van der Waals surface area contributed by atoms with Crippen molar-refractivity contribution in [3.05, 3.63) is 35.4 Å². The lowest BCUT2D eigenvalue weighted by molar-refractivity contribution is 0.0299. The molecule has 0 spiro atoms. The summed E-state index contributed by atoms with van der Waals surface area (Å²) in [6.07, 6.45) is -0.285. The highest BCUT2D eigenvalue weighted by atomic mass is 16.6. The topological polar surface area (TPSA) is 41.6 Å². The van der Waals surface area contributed by atoms with Crippen molar-refractivity contribution < 1.29 is 9.53 Å². The second-order valence-electron chi connectivity index (χ2n) is 6.49. The van der Waals surface area contributed by atoms with Crippen LogP contribution >= 0.6 is 0 Å². The molecular weight excluding hydrogens is 264 g/mol. The van der Waals surface area contributed by atoms with Crippen molar-refractivity contribution in [1.82, 2.24) is 10.2 Å². The van der Waals surface area contributed by atoms with Crippen LogP contribution in [0.2, 0.25) is 0 Å². The van der Waals surface area contributed by atoms with E-state index in [2.05, 4.69) is 43.4 Å². The van der Waals surface area contributed by atoms with Crippen LogP contribution in [0.3, 0.4) is 0 Å². The SMILES string of the molecule is Cc1ccc(C(C)NCCN(C)C(=O)OC(C)(C)C)cc1. The molecule has 1 aromatic carbocycles. The first-order valence-electron chi connectivity index (χ1n) is 7.43. The molecule has 0 saturated carbocycles. The molecule has 0 fully saturated rings. The van der Waals surface area contributed by atoms with Gasteiger partial charge in [-0.05, 0) is 40.2 Å². The van der Waals surface area contributed by atoms with Crippen molar-refractivity contribution in [2.45, 2.75) is 46.3 Å². The van der Waals surface area contributed by atoms with Gasteiger partial charge < -0.3 is 15.0 Å². The highest BCUT2D eigenvalue weighted by molar-refractivity contribution is 5.67. The Morgan fingerprint density at radius 1 is 1.29 bits per heavy atom. The summed E-state index contributed by atoms with van der Waals surface area (Å²) in [6, 6.07) is 8.74. The zero-order valence-electron chi connectivity index (χ0n) is 14.1. The molecule has 1 aromatic rings. The van der Waals surface area contributed by atoms with Crippen LogP contribution in [-0.4, -0.2) is 36.7 Å². The maximum Gasteiger partial charge on any atom is 0.410 e. The van der Waals surface area contributed by atoms with Crippen LogP contribution < -0.4 is 5.32 Å². The van der Waals surface area contributed by atoms with E-state index in [9.17, 15) is 4.79 Å². The van der Waals surface area contributed by atoms with Crippen LogP contribution in [0.25, 0.3) is 0 Å². The number of carbonyl (C=O) groups excluding carboxylic acids is 1. The van der Waals surface area contributed by atoms with Crippen molar-refractivity contribution in [1.29, 1.82) is 0 Å². The Hall–Kier alpha value is -1.55. The van der Waals surface area contributed by atoms with Crippen LogP contribution in [0.1, 0.15) is 44.9 Å². The molecule has 0 heterocycles. The number of nitrogens with zero attached hydrogens (tertiary/aromatic N) is 1. The molecular formula is C17H28N2O2. The second kappa shape index (κ2) is 7.46. The predicted octanol–water partition coefficient (Wildman–Crippen LogP) is 3.51. The fourth-order valence-corrected chi connectivity index (χ4v) is 1.85. The number of amides is 1. The zero-order chi connectivity index (χ0) is 16.0. The number of hydrogen-bond acceptors (Lipinski definition) is 3. The highest BCUT2D eigenvalue weighted by Gasteiger charge is 2.19. The average molecular weight is 292 g/mol. The summed E-state index contributed by atoms with van der Waals surface area (Å²) in [6.45, 7) is 11.2. The van der Waals surface area contributed by atoms with Gasteiger partial charge in [-0.1, -0.05) is 29.8 Å². The molecule has 4 nitrogen and oxygen atoms in total. The molecule has 1 N–H and O–H groups in total. The van der Waals surface area contributed by atoms with Gasteiger partial charge in [0, 0.05) is 26.2 Å². The summed E-state index contributed by atoms with van der Waals surface area (Å²) >= 11 is 0. The Morgan fingerprint density at radius 3 is 2.38 bits per heavy atom. The number of aryl methyl sites for hydroxylation is 1. The van der Waals surface area contributed by atoms with Gasteiger partial charge in [0.1, 0.15) is 5.60 Å². The van der Waals surface area contributed by atoms with Crippen LogP contribution in [0.4, 0.5) is 4.79 Å². The van der Waals surface area contributed by atoms with E-state index in [4.69, 9.17) is 4.74 Å². The molecule has 0 aliphatic rings. The summed E-state index contributed by atoms with van der Waals surface area (Å²) < 4.78 is 5.31. The standard InChI is InChI=1S/C17H28N2O2/c1-13-7-9-15(10-8-13)14(2)18-11-12-19(6)16(20)21-17(3,4)5/h7-10,14,18H,11-12H2,1-6H3. The first kappa shape index (κ1) is 17.5. The van der Waals surface area contributed by atoms with Crippen LogP contribution in [-0.2, 0) is 4.74 Å². The smallest absolute Gasteiger partial charge is 0.410 e. The Labute approximate surface area is 128 Å². The van der Waals surface area contributed by atoms with Gasteiger partial charge >= 0.3 is 6.09 Å². The summed E-state index contributed by atoms with van der Waals surface area (Å²) in [4.78, 5) is 13.4. The summed E-state index contributed by atoms with van der Waals surface area (Å²) in [5.74, 6) is 0. The third kappa shape index (κ3) is 6.63. The minimum absolute atomic E-state index is 0.262. The molecule has 118 valence electrons. The summed E-state index contributed by atoms with van der Waals surface area (Å²) in [5, 5.41) is 3.42. The molecule has 1 rings (SSSR count). The summed E-state index contributed by atoms with van der Waals surface area (Å²) in [7, 11) is 1.76. The number of hydrogen-bond donors (Lipinski definition) is 1. The third-order valence-corrected chi connectivity index (χ3v) is 3.18. The fraction of sp³-hybridized carbons (Fsp3) is 0.588. The molecule has 1 unspecified atom stereocenters. The summed E-state index contributed by atoms with van der Waals surface area (Å²) in [5.41, 5.74) is 2.06. The maximum atomic E-state index is 11.8. The molecule has 0 aliphatic heterocycles. The van der Waals surface area contributed by atoms with E-state index >= 15 is 0 Å². The molecule has 0 saturated heterocycles. The van der Waals surface area contributed by atoms with E-state index in [0.717, 1.165) is 6.54 Å². The van der Waals surface area contributed by atoms with Crippen LogP contribution in [0.15, 0.2) is 24.3 Å². The van der Waals surface area contributed by atoms with Crippen LogP contribution in [0.5, 0.6) is 0 Å². The lowest BCUT2D eigenvalue weighted by atomic mass is 10.1. The van der Waals surface area contributed by atoms with E-state index in [1.165, 1.54) is 11.1 Å². The third-order valence-electron chi connectivity index (χ3n) is 3.18. The van der Waals surface area contributed by atoms with E-state index in [-0.39, 0.29) is 12.1 Å². The Kier molecular flexibility index (Phi) is 6.21. The number of rotatable bonds is 5. The quantitative estimate of drug-likeness (QED) is 0.903. The number of nitrogens with one attached hydrogen (secondary N) is 1. The monoisotopic (exact) mass is 292 g/mol. The van der Waals surface area contributed by atoms with Crippen molar-refractivity contribution in [3.8, 4) is 0 Å². The van der Waals surface area contributed by atoms with Crippen LogP contribution in [0, 0.1) is 6.92 Å². The largest absolute Gasteiger partial charge is 0.444 e. The lowest BCUT2D eigenvalue weighted by Gasteiger charge is -2.25. The Bertz CT molecular complexity index is 449. The normalized spacial score (nSPS) is 12.9. The number of carbonyl (C=O) groups is 1. The molecule has 0 radical (unpaired) electrons. The van der Waals surface area contributed by atoms with E-state index in [0.29, 0.717) is 6.54 Å². The predicted molar refractivity (Wildman–Crippen MR) is 86.5 cm³/mol. The zero-order valence-corrected chi connectivity index (χ0v) is 14.1. The van der Waals surface area contributed by atoms with Crippen molar-refractivity contribution in [3.63, 3.8) is 0 Å². The first-order valence-corrected chi connectivity index (χ1v) is 7.43. The molecule has 21 heavy (non-hydrogen) atoms. The van der Waals surface area contributed by atoms with E-state index in [1.807, 2.05) is 20.8 Å². The average Bonchev–Trinajstić information content (AvgIpc) is 2.37. The van der Waals surface area contributed by atoms with Gasteiger partial charge in [0.2, 0.25) is 0 Å². The molecule has 0 bridgehead atoms. The van der Waals surface area contributed by atoms with Crippen molar-refractivity contribution in [2.24, 2.45) is 0 Å². The van der Waals surface area contributed by atoms with Crippen molar-refractivity contribution in [2.75, 3.05) is 20.1 Å². The van der Waals surface area contributed by atoms with Gasteiger partial charge in [-0.25, -0.2) is 4.79 Å². The van der Waals surface area contributed by atoms with Gasteiger partial charge in [-0.15, -0.1) is 0 Å².